The fraction of sp³-hybridized carbons (Fsp3) is 0.720. The molecule has 0 saturated carbocycles. The number of ether oxygens (including phenoxy) is 2. The minimum Gasteiger partial charge on any atom is -0.381 e. The lowest BCUT2D eigenvalue weighted by atomic mass is 10.0. The number of benzene rings is 1. The fourth-order valence-electron chi connectivity index (χ4n) is 4.33. The lowest BCUT2D eigenvalue weighted by Gasteiger charge is -2.34. The number of halogens is 1. The maximum absolute atomic E-state index is 6.08. The van der Waals surface area contributed by atoms with E-state index < -0.39 is 0 Å². The van der Waals surface area contributed by atoms with E-state index in [0.29, 0.717) is 25.3 Å². The Kier molecular flexibility index (Phi) is 12.9. The van der Waals surface area contributed by atoms with Gasteiger partial charge in [0, 0.05) is 45.4 Å². The van der Waals surface area contributed by atoms with Gasteiger partial charge >= 0.3 is 0 Å². The summed E-state index contributed by atoms with van der Waals surface area (Å²) >= 11 is 0. The molecule has 0 spiro atoms. The van der Waals surface area contributed by atoms with Crippen LogP contribution in [-0.2, 0) is 22.6 Å². The van der Waals surface area contributed by atoms with E-state index in [-0.39, 0.29) is 24.0 Å². The number of likely N-dealkylation sites (tertiary alicyclic amines) is 1. The second-order valence-electron chi connectivity index (χ2n) is 9.25. The van der Waals surface area contributed by atoms with Gasteiger partial charge in [0.1, 0.15) is 0 Å². The maximum atomic E-state index is 6.08. The quantitative estimate of drug-likeness (QED) is 0.271. The zero-order valence-electron chi connectivity index (χ0n) is 20.1. The van der Waals surface area contributed by atoms with Crippen molar-refractivity contribution in [3.05, 3.63) is 35.4 Å². The van der Waals surface area contributed by atoms with Gasteiger partial charge in [0.15, 0.2) is 5.96 Å². The number of aliphatic imine (C=N–C) groups is 1. The van der Waals surface area contributed by atoms with Gasteiger partial charge in [-0.1, -0.05) is 38.1 Å². The van der Waals surface area contributed by atoms with Crippen LogP contribution in [0.2, 0.25) is 0 Å². The Morgan fingerprint density at radius 2 is 1.88 bits per heavy atom. The molecule has 0 aliphatic carbocycles. The highest BCUT2D eigenvalue weighted by molar-refractivity contribution is 14.0. The second kappa shape index (κ2) is 15.1. The molecule has 2 fully saturated rings. The van der Waals surface area contributed by atoms with E-state index in [0.717, 1.165) is 44.5 Å². The molecule has 2 aliphatic rings. The summed E-state index contributed by atoms with van der Waals surface area (Å²) in [6.45, 7) is 14.1. The topological polar surface area (TPSA) is 58.1 Å². The van der Waals surface area contributed by atoms with Crippen molar-refractivity contribution in [2.24, 2.45) is 10.9 Å². The third-order valence-electron chi connectivity index (χ3n) is 5.96. The van der Waals surface area contributed by atoms with E-state index in [1.54, 1.807) is 0 Å². The Morgan fingerprint density at radius 1 is 1.16 bits per heavy atom. The van der Waals surface area contributed by atoms with Gasteiger partial charge in [-0.2, -0.15) is 0 Å². The molecule has 6 nitrogen and oxygen atoms in total. The van der Waals surface area contributed by atoms with E-state index in [2.05, 4.69) is 60.6 Å². The highest BCUT2D eigenvalue weighted by Gasteiger charge is 2.20. The summed E-state index contributed by atoms with van der Waals surface area (Å²) in [5.74, 6) is 1.66. The summed E-state index contributed by atoms with van der Waals surface area (Å²) in [5, 5.41) is 7.07. The Hall–Kier alpha value is -0.900. The van der Waals surface area contributed by atoms with Crippen LogP contribution in [0.5, 0.6) is 0 Å². The Labute approximate surface area is 211 Å². The number of piperidine rings is 1. The molecular weight excluding hydrogens is 515 g/mol. The van der Waals surface area contributed by atoms with Gasteiger partial charge in [-0.3, -0.25) is 0 Å². The minimum atomic E-state index is 0. The highest BCUT2D eigenvalue weighted by Crippen LogP contribution is 2.15. The molecule has 0 bridgehead atoms. The van der Waals surface area contributed by atoms with Crippen molar-refractivity contribution in [1.29, 1.82) is 0 Å². The highest BCUT2D eigenvalue weighted by atomic mass is 127. The molecule has 2 aliphatic heterocycles. The van der Waals surface area contributed by atoms with Crippen molar-refractivity contribution in [3.8, 4) is 0 Å². The molecule has 1 aromatic rings. The number of nitrogens with zero attached hydrogens (tertiary/aromatic N) is 2. The Bertz CT molecular complexity index is 672. The van der Waals surface area contributed by atoms with Gasteiger partial charge in [-0.15, -0.1) is 24.0 Å². The van der Waals surface area contributed by atoms with Crippen LogP contribution in [0.15, 0.2) is 29.3 Å². The predicted octanol–water partition coefficient (Wildman–Crippen LogP) is 4.18. The van der Waals surface area contributed by atoms with Gasteiger partial charge < -0.3 is 25.0 Å². The van der Waals surface area contributed by atoms with Crippen LogP contribution >= 0.6 is 24.0 Å². The van der Waals surface area contributed by atoms with Crippen LogP contribution in [0.3, 0.4) is 0 Å². The standard InChI is InChI=1S/C25H42N4O2.HI/c1-4-26-25(28-23-8-12-29(13-9-23)18-20(2)3)27-17-21-6-5-7-22(16-21)19-31-24-10-14-30-15-11-24;/h5-7,16,20,23-24H,4,8-15,17-19H2,1-3H3,(H2,26,27,28);1H. The third-order valence-corrected chi connectivity index (χ3v) is 5.96. The van der Waals surface area contributed by atoms with Crippen LogP contribution in [-0.4, -0.2) is 62.4 Å². The molecular formula is C25H43IN4O2. The van der Waals surface area contributed by atoms with Gasteiger partial charge in [-0.05, 0) is 49.7 Å². The predicted molar refractivity (Wildman–Crippen MR) is 143 cm³/mol. The first-order chi connectivity index (χ1) is 15.1. The first kappa shape index (κ1) is 27.3. The molecule has 3 rings (SSSR count). The summed E-state index contributed by atoms with van der Waals surface area (Å²) in [5.41, 5.74) is 2.44. The summed E-state index contributed by atoms with van der Waals surface area (Å²) in [4.78, 5) is 7.44. The lowest BCUT2D eigenvalue weighted by Crippen LogP contribution is -2.49. The summed E-state index contributed by atoms with van der Waals surface area (Å²) < 4.78 is 11.5. The fourth-order valence-corrected chi connectivity index (χ4v) is 4.33. The molecule has 7 heteroatoms. The summed E-state index contributed by atoms with van der Waals surface area (Å²) in [6.07, 6.45) is 4.68. The molecule has 0 unspecified atom stereocenters. The third kappa shape index (κ3) is 9.93. The normalized spacial score (nSPS) is 19.1. The maximum Gasteiger partial charge on any atom is 0.191 e. The number of hydrogen-bond acceptors (Lipinski definition) is 4. The Morgan fingerprint density at radius 3 is 2.56 bits per heavy atom. The molecule has 0 aromatic heterocycles. The van der Waals surface area contributed by atoms with Crippen LogP contribution in [0, 0.1) is 5.92 Å². The van der Waals surface area contributed by atoms with E-state index in [1.165, 1.54) is 43.6 Å². The number of rotatable bonds is 9. The molecule has 182 valence electrons. The van der Waals surface area contributed by atoms with Crippen molar-refractivity contribution in [1.82, 2.24) is 15.5 Å². The minimum absolute atomic E-state index is 0. The van der Waals surface area contributed by atoms with Gasteiger partial charge in [-0.25, -0.2) is 4.99 Å². The van der Waals surface area contributed by atoms with Crippen molar-refractivity contribution >= 4 is 29.9 Å². The SMILES string of the molecule is CCNC(=NCc1cccc(COC2CCOCC2)c1)NC1CCN(CC(C)C)CC1.I. The van der Waals surface area contributed by atoms with Crippen molar-refractivity contribution < 1.29 is 9.47 Å². The van der Waals surface area contributed by atoms with Crippen molar-refractivity contribution in [3.63, 3.8) is 0 Å². The first-order valence-electron chi connectivity index (χ1n) is 12.2. The van der Waals surface area contributed by atoms with Crippen molar-refractivity contribution in [2.75, 3.05) is 39.4 Å². The molecule has 2 N–H and O–H groups in total. The van der Waals surface area contributed by atoms with E-state index in [4.69, 9.17) is 14.5 Å². The van der Waals surface area contributed by atoms with E-state index in [1.807, 2.05) is 0 Å². The van der Waals surface area contributed by atoms with Gasteiger partial charge in [0.25, 0.3) is 0 Å². The summed E-state index contributed by atoms with van der Waals surface area (Å²) in [6, 6.07) is 9.12. The number of nitrogens with one attached hydrogen (secondary N) is 2. The molecule has 0 radical (unpaired) electrons. The molecule has 0 atom stereocenters. The summed E-state index contributed by atoms with van der Waals surface area (Å²) in [7, 11) is 0. The zero-order valence-corrected chi connectivity index (χ0v) is 22.5. The second-order valence-corrected chi connectivity index (χ2v) is 9.25. The van der Waals surface area contributed by atoms with Gasteiger partial charge in [0.05, 0.1) is 19.3 Å². The van der Waals surface area contributed by atoms with Crippen molar-refractivity contribution in [2.45, 2.75) is 71.8 Å². The molecule has 0 amide bonds. The molecule has 1 aromatic carbocycles. The average molecular weight is 559 g/mol. The van der Waals surface area contributed by atoms with Crippen LogP contribution in [0.1, 0.15) is 57.6 Å². The molecule has 2 heterocycles. The number of guanidine groups is 1. The largest absolute Gasteiger partial charge is 0.381 e. The number of hydrogen-bond donors (Lipinski definition) is 2. The molecule has 32 heavy (non-hydrogen) atoms. The van der Waals surface area contributed by atoms with Crippen LogP contribution < -0.4 is 10.6 Å². The molecule has 2 saturated heterocycles. The zero-order chi connectivity index (χ0) is 21.9. The van der Waals surface area contributed by atoms with Gasteiger partial charge in [0.2, 0.25) is 0 Å². The first-order valence-corrected chi connectivity index (χ1v) is 12.2. The van der Waals surface area contributed by atoms with Crippen LogP contribution in [0.4, 0.5) is 0 Å². The van der Waals surface area contributed by atoms with E-state index >= 15 is 0 Å². The lowest BCUT2D eigenvalue weighted by molar-refractivity contribution is -0.0390. The van der Waals surface area contributed by atoms with Crippen LogP contribution in [0.25, 0.3) is 0 Å². The average Bonchev–Trinajstić information content (AvgIpc) is 2.78. The Balaban J connectivity index is 0.00000363. The smallest absolute Gasteiger partial charge is 0.191 e. The van der Waals surface area contributed by atoms with E-state index in [9.17, 15) is 0 Å². The monoisotopic (exact) mass is 558 g/mol.